The van der Waals surface area contributed by atoms with E-state index >= 15 is 0 Å². The molecule has 7 nitrogen and oxygen atoms in total. The smallest absolute Gasteiger partial charge is 0.263 e. The Balaban J connectivity index is 1.69. The number of amides is 2. The molecule has 4 rings (SSSR count). The largest absolute Gasteiger partial charge is 0.497 e. The Morgan fingerprint density at radius 2 is 1.80 bits per heavy atom. The van der Waals surface area contributed by atoms with E-state index in [-0.39, 0.29) is 0 Å². The molecule has 2 aliphatic rings. The van der Waals surface area contributed by atoms with Gasteiger partial charge in [-0.1, -0.05) is 11.3 Å². The van der Waals surface area contributed by atoms with Gasteiger partial charge in [-0.3, -0.25) is 9.59 Å². The van der Waals surface area contributed by atoms with E-state index in [4.69, 9.17) is 4.74 Å². The van der Waals surface area contributed by atoms with Crippen LogP contribution in [-0.4, -0.2) is 31.0 Å². The number of nitrogens with zero attached hydrogens (tertiary/aromatic N) is 4. The first-order valence-electron chi connectivity index (χ1n) is 7.57. The third kappa shape index (κ3) is 2.34. The Morgan fingerprint density at radius 1 is 1.04 bits per heavy atom. The van der Waals surface area contributed by atoms with Crippen molar-refractivity contribution in [1.29, 1.82) is 0 Å². The maximum absolute atomic E-state index is 13.1. The minimum Gasteiger partial charge on any atom is -0.497 e. The lowest BCUT2D eigenvalue weighted by Crippen LogP contribution is -2.39. The summed E-state index contributed by atoms with van der Waals surface area (Å²) < 4.78 is 18.3. The summed E-state index contributed by atoms with van der Waals surface area (Å²) in [5, 5.41) is 9.36. The number of imide groups is 1. The molecule has 25 heavy (non-hydrogen) atoms. The van der Waals surface area contributed by atoms with Crippen molar-refractivity contribution in [2.45, 2.75) is 12.1 Å². The van der Waals surface area contributed by atoms with Gasteiger partial charge in [0, 0.05) is 6.07 Å². The molecule has 0 unspecified atom stereocenters. The van der Waals surface area contributed by atoms with Crippen molar-refractivity contribution in [3.8, 4) is 5.75 Å². The van der Waals surface area contributed by atoms with Crippen molar-refractivity contribution in [3.05, 3.63) is 54.3 Å². The number of methoxy groups -OCH3 is 1. The second kappa shape index (κ2) is 5.66. The SMILES string of the molecule is COc1cccc(N2N=N[C@H]3C(=O)N(c4ccc(F)cc4)C(=O)[C@H]32)c1. The normalized spacial score (nSPS) is 21.8. The van der Waals surface area contributed by atoms with E-state index in [0.717, 1.165) is 4.90 Å². The van der Waals surface area contributed by atoms with Crippen LogP contribution >= 0.6 is 0 Å². The van der Waals surface area contributed by atoms with Gasteiger partial charge in [0.25, 0.3) is 11.8 Å². The van der Waals surface area contributed by atoms with Gasteiger partial charge < -0.3 is 4.74 Å². The van der Waals surface area contributed by atoms with E-state index in [9.17, 15) is 14.0 Å². The Labute approximate surface area is 142 Å². The van der Waals surface area contributed by atoms with Crippen molar-refractivity contribution in [3.63, 3.8) is 0 Å². The summed E-state index contributed by atoms with van der Waals surface area (Å²) in [6, 6.07) is 10.4. The Kier molecular flexibility index (Phi) is 3.45. The highest BCUT2D eigenvalue weighted by atomic mass is 19.1. The van der Waals surface area contributed by atoms with Crippen LogP contribution in [0.1, 0.15) is 0 Å². The van der Waals surface area contributed by atoms with Gasteiger partial charge in [-0.15, -0.1) is 0 Å². The van der Waals surface area contributed by atoms with Crippen LogP contribution in [0.25, 0.3) is 0 Å². The molecule has 2 amide bonds. The Hall–Kier alpha value is -3.29. The monoisotopic (exact) mass is 340 g/mol. The number of rotatable bonds is 3. The molecule has 0 spiro atoms. The molecule has 0 saturated carbocycles. The molecular formula is C17H13FN4O3. The van der Waals surface area contributed by atoms with Crippen LogP contribution in [0.3, 0.4) is 0 Å². The van der Waals surface area contributed by atoms with Gasteiger partial charge in [-0.2, -0.15) is 5.11 Å². The lowest BCUT2D eigenvalue weighted by molar-refractivity contribution is -0.121. The number of carbonyl (C=O) groups is 2. The minimum absolute atomic E-state index is 0.312. The van der Waals surface area contributed by atoms with Gasteiger partial charge in [0.1, 0.15) is 11.6 Å². The number of carbonyl (C=O) groups excluding carboxylic acids is 2. The molecule has 1 fully saturated rings. The molecule has 0 aromatic heterocycles. The van der Waals surface area contributed by atoms with Crippen molar-refractivity contribution >= 4 is 23.2 Å². The van der Waals surface area contributed by atoms with Crippen molar-refractivity contribution in [1.82, 2.24) is 0 Å². The number of benzene rings is 2. The molecule has 0 bridgehead atoms. The fourth-order valence-electron chi connectivity index (χ4n) is 2.97. The minimum atomic E-state index is -0.913. The topological polar surface area (TPSA) is 74.6 Å². The van der Waals surface area contributed by atoms with E-state index in [2.05, 4.69) is 10.3 Å². The van der Waals surface area contributed by atoms with Gasteiger partial charge in [-0.25, -0.2) is 14.3 Å². The van der Waals surface area contributed by atoms with E-state index < -0.39 is 29.7 Å². The lowest BCUT2D eigenvalue weighted by atomic mass is 10.1. The predicted octanol–water partition coefficient (Wildman–Crippen LogP) is 2.33. The summed E-state index contributed by atoms with van der Waals surface area (Å²) in [6.45, 7) is 0. The van der Waals surface area contributed by atoms with Gasteiger partial charge in [0.2, 0.25) is 0 Å². The Morgan fingerprint density at radius 3 is 2.52 bits per heavy atom. The second-order valence-corrected chi connectivity index (χ2v) is 5.63. The molecule has 2 aromatic rings. The third-order valence-corrected chi connectivity index (χ3v) is 4.18. The average molecular weight is 340 g/mol. The molecule has 1 saturated heterocycles. The zero-order valence-corrected chi connectivity index (χ0v) is 13.2. The first kappa shape index (κ1) is 15.3. The van der Waals surface area contributed by atoms with E-state index in [0.29, 0.717) is 17.1 Å². The molecule has 2 aliphatic heterocycles. The molecule has 8 heteroatoms. The van der Waals surface area contributed by atoms with Gasteiger partial charge in [-0.05, 0) is 36.4 Å². The number of fused-ring (bicyclic) bond motifs is 1. The zero-order valence-electron chi connectivity index (χ0n) is 13.2. The predicted molar refractivity (Wildman–Crippen MR) is 86.8 cm³/mol. The van der Waals surface area contributed by atoms with Gasteiger partial charge >= 0.3 is 0 Å². The molecule has 0 aliphatic carbocycles. The standard InChI is InChI=1S/C17H13FN4O3/c1-25-13-4-2-3-12(9-13)22-15-14(19-20-22)16(23)21(17(15)24)11-7-5-10(18)6-8-11/h2-9,14-15H,1H3/t14-,15+/m1/s1. The summed E-state index contributed by atoms with van der Waals surface area (Å²) >= 11 is 0. The molecule has 126 valence electrons. The van der Waals surface area contributed by atoms with Gasteiger partial charge in [0.05, 0.1) is 18.5 Å². The number of hydrogen-bond donors (Lipinski definition) is 0. The molecular weight excluding hydrogens is 327 g/mol. The van der Waals surface area contributed by atoms with Crippen LogP contribution in [0.2, 0.25) is 0 Å². The number of ether oxygens (including phenoxy) is 1. The van der Waals surface area contributed by atoms with E-state index in [1.165, 1.54) is 36.4 Å². The molecule has 2 aromatic carbocycles. The first-order chi connectivity index (χ1) is 12.1. The Bertz CT molecular complexity index is 884. The average Bonchev–Trinajstić information content (AvgIpc) is 3.17. The lowest BCUT2D eigenvalue weighted by Gasteiger charge is -2.21. The third-order valence-electron chi connectivity index (χ3n) is 4.18. The maximum Gasteiger partial charge on any atom is 0.263 e. The van der Waals surface area contributed by atoms with Crippen LogP contribution in [0, 0.1) is 5.82 Å². The molecule has 0 radical (unpaired) electrons. The summed E-state index contributed by atoms with van der Waals surface area (Å²) in [5.74, 6) is -0.769. The van der Waals surface area contributed by atoms with Crippen LogP contribution in [-0.2, 0) is 9.59 Å². The van der Waals surface area contributed by atoms with Crippen LogP contribution in [0.15, 0.2) is 58.9 Å². The van der Waals surface area contributed by atoms with Crippen molar-refractivity contribution in [2.24, 2.45) is 10.3 Å². The highest BCUT2D eigenvalue weighted by Crippen LogP contribution is 2.35. The summed E-state index contributed by atoms with van der Waals surface area (Å²) in [6.07, 6.45) is 0. The fraction of sp³-hybridized carbons (Fsp3) is 0.176. The quantitative estimate of drug-likeness (QED) is 0.804. The van der Waals surface area contributed by atoms with Gasteiger partial charge in [0.15, 0.2) is 12.1 Å². The van der Waals surface area contributed by atoms with Crippen LogP contribution < -0.4 is 14.6 Å². The zero-order chi connectivity index (χ0) is 17.6. The van der Waals surface area contributed by atoms with E-state index in [1.54, 1.807) is 24.3 Å². The fourth-order valence-corrected chi connectivity index (χ4v) is 2.97. The van der Waals surface area contributed by atoms with E-state index in [1.807, 2.05) is 0 Å². The second-order valence-electron chi connectivity index (χ2n) is 5.63. The molecule has 2 heterocycles. The molecule has 2 atom stereocenters. The number of hydrogen-bond acceptors (Lipinski definition) is 6. The number of halogens is 1. The summed E-state index contributed by atoms with van der Waals surface area (Å²) in [4.78, 5) is 26.5. The van der Waals surface area contributed by atoms with Crippen molar-refractivity contribution in [2.75, 3.05) is 17.0 Å². The van der Waals surface area contributed by atoms with Crippen LogP contribution in [0.4, 0.5) is 15.8 Å². The summed E-state index contributed by atoms with van der Waals surface area (Å²) in [5.41, 5.74) is 0.907. The van der Waals surface area contributed by atoms with Crippen molar-refractivity contribution < 1.29 is 18.7 Å². The highest BCUT2D eigenvalue weighted by molar-refractivity contribution is 6.26. The maximum atomic E-state index is 13.1. The highest BCUT2D eigenvalue weighted by Gasteiger charge is 2.55. The summed E-state index contributed by atoms with van der Waals surface area (Å²) in [7, 11) is 1.54. The first-order valence-corrected chi connectivity index (χ1v) is 7.57. The number of anilines is 2. The van der Waals surface area contributed by atoms with Crippen LogP contribution in [0.5, 0.6) is 5.75 Å². The molecule has 0 N–H and O–H groups in total.